The van der Waals surface area contributed by atoms with Crippen molar-refractivity contribution in [3.05, 3.63) is 17.5 Å². The summed E-state index contributed by atoms with van der Waals surface area (Å²) in [6.45, 7) is 4.69. The molecule has 2 heterocycles. The number of anilines is 1. The molecule has 1 N–H and O–H groups in total. The number of carbonyl (C=O) groups is 1. The van der Waals surface area contributed by atoms with Crippen LogP contribution in [-0.2, 0) is 11.2 Å². The molecule has 0 saturated carbocycles. The number of rotatable bonds is 3. The van der Waals surface area contributed by atoms with Crippen LogP contribution >= 0.6 is 0 Å². The van der Waals surface area contributed by atoms with Crippen molar-refractivity contribution < 1.29 is 14.6 Å². The van der Waals surface area contributed by atoms with Crippen molar-refractivity contribution in [3.63, 3.8) is 0 Å². The number of carboxylic acids is 1. The average Bonchev–Trinajstić information content (AvgIpc) is 2.39. The Hall–Kier alpha value is -1.69. The van der Waals surface area contributed by atoms with Gasteiger partial charge in [0.1, 0.15) is 0 Å². The fourth-order valence-corrected chi connectivity index (χ4v) is 1.77. The number of carboxylic acid groups (broad SMARTS) is 1. The number of nitrogens with zero attached hydrogens (tertiary/aromatic N) is 3. The molecule has 0 amide bonds. The van der Waals surface area contributed by atoms with E-state index in [2.05, 4.69) is 9.97 Å². The summed E-state index contributed by atoms with van der Waals surface area (Å²) in [4.78, 5) is 21.4. The number of hydrogen-bond acceptors (Lipinski definition) is 5. The van der Waals surface area contributed by atoms with Crippen molar-refractivity contribution in [3.8, 4) is 0 Å². The second-order valence-electron chi connectivity index (χ2n) is 3.79. The van der Waals surface area contributed by atoms with E-state index in [1.165, 1.54) is 6.20 Å². The third-order valence-corrected chi connectivity index (χ3v) is 2.71. The van der Waals surface area contributed by atoms with Crippen LogP contribution in [0.15, 0.2) is 6.20 Å². The third-order valence-electron chi connectivity index (χ3n) is 2.71. The minimum absolute atomic E-state index is 0.185. The number of ether oxygens (including phenoxy) is 1. The number of aromatic carboxylic acids is 1. The van der Waals surface area contributed by atoms with Gasteiger partial charge in [0.2, 0.25) is 5.95 Å². The first-order valence-corrected chi connectivity index (χ1v) is 5.64. The third kappa shape index (κ3) is 2.52. The summed E-state index contributed by atoms with van der Waals surface area (Å²) in [5, 5.41) is 8.98. The highest BCUT2D eigenvalue weighted by molar-refractivity contribution is 5.88. The van der Waals surface area contributed by atoms with E-state index < -0.39 is 5.97 Å². The first-order chi connectivity index (χ1) is 8.22. The van der Waals surface area contributed by atoms with Gasteiger partial charge < -0.3 is 14.7 Å². The van der Waals surface area contributed by atoms with Crippen LogP contribution in [0, 0.1) is 0 Å². The van der Waals surface area contributed by atoms with Gasteiger partial charge in [-0.1, -0.05) is 6.92 Å². The summed E-state index contributed by atoms with van der Waals surface area (Å²) in [5.41, 5.74) is 0.763. The lowest BCUT2D eigenvalue weighted by molar-refractivity contribution is 0.0694. The molecule has 6 nitrogen and oxygen atoms in total. The Morgan fingerprint density at radius 1 is 1.53 bits per heavy atom. The SMILES string of the molecule is CCc1nc(N2CCOCC2)ncc1C(=O)O. The quantitative estimate of drug-likeness (QED) is 0.828. The summed E-state index contributed by atoms with van der Waals surface area (Å²) in [6.07, 6.45) is 1.97. The van der Waals surface area contributed by atoms with Gasteiger partial charge in [0.25, 0.3) is 0 Å². The van der Waals surface area contributed by atoms with E-state index in [0.29, 0.717) is 31.3 Å². The van der Waals surface area contributed by atoms with Gasteiger partial charge in [-0.15, -0.1) is 0 Å². The van der Waals surface area contributed by atoms with Crippen LogP contribution in [0.5, 0.6) is 0 Å². The van der Waals surface area contributed by atoms with E-state index in [4.69, 9.17) is 9.84 Å². The normalized spacial score (nSPS) is 15.9. The maximum Gasteiger partial charge on any atom is 0.339 e. The molecule has 0 aliphatic carbocycles. The Morgan fingerprint density at radius 2 is 2.24 bits per heavy atom. The highest BCUT2D eigenvalue weighted by atomic mass is 16.5. The van der Waals surface area contributed by atoms with Gasteiger partial charge in [-0.2, -0.15) is 0 Å². The van der Waals surface area contributed by atoms with Crippen molar-refractivity contribution in [2.45, 2.75) is 13.3 Å². The standard InChI is InChI=1S/C11H15N3O3/c1-2-9-8(10(15)16)7-12-11(13-9)14-3-5-17-6-4-14/h7H,2-6H2,1H3,(H,15,16). The number of aromatic nitrogens is 2. The minimum atomic E-state index is -0.977. The Kier molecular flexibility index (Phi) is 3.53. The molecule has 0 aromatic carbocycles. The molecular weight excluding hydrogens is 222 g/mol. The lowest BCUT2D eigenvalue weighted by Crippen LogP contribution is -2.37. The van der Waals surface area contributed by atoms with E-state index >= 15 is 0 Å². The van der Waals surface area contributed by atoms with E-state index in [1.54, 1.807) is 0 Å². The lowest BCUT2D eigenvalue weighted by Gasteiger charge is -2.27. The van der Waals surface area contributed by atoms with Crippen molar-refractivity contribution >= 4 is 11.9 Å². The number of hydrogen-bond donors (Lipinski definition) is 1. The van der Waals surface area contributed by atoms with Crippen LogP contribution in [-0.4, -0.2) is 47.3 Å². The zero-order valence-corrected chi connectivity index (χ0v) is 9.72. The molecule has 2 rings (SSSR count). The van der Waals surface area contributed by atoms with Crippen molar-refractivity contribution in [2.24, 2.45) is 0 Å². The van der Waals surface area contributed by atoms with Gasteiger partial charge in [0, 0.05) is 19.3 Å². The molecule has 0 radical (unpaired) electrons. The molecular formula is C11H15N3O3. The summed E-state index contributed by atoms with van der Waals surface area (Å²) in [6, 6.07) is 0. The second-order valence-corrected chi connectivity index (χ2v) is 3.79. The van der Waals surface area contributed by atoms with Gasteiger partial charge in [-0.25, -0.2) is 14.8 Å². The highest BCUT2D eigenvalue weighted by Gasteiger charge is 2.17. The predicted molar refractivity (Wildman–Crippen MR) is 61.4 cm³/mol. The fourth-order valence-electron chi connectivity index (χ4n) is 1.77. The zero-order valence-electron chi connectivity index (χ0n) is 9.72. The van der Waals surface area contributed by atoms with Gasteiger partial charge in [0.05, 0.1) is 24.5 Å². The maximum absolute atomic E-state index is 11.0. The largest absolute Gasteiger partial charge is 0.478 e. The van der Waals surface area contributed by atoms with E-state index in [-0.39, 0.29) is 5.56 Å². The average molecular weight is 237 g/mol. The lowest BCUT2D eigenvalue weighted by atomic mass is 10.2. The fraction of sp³-hybridized carbons (Fsp3) is 0.545. The van der Waals surface area contributed by atoms with Gasteiger partial charge >= 0.3 is 5.97 Å². The molecule has 0 bridgehead atoms. The van der Waals surface area contributed by atoms with Gasteiger partial charge in [0.15, 0.2) is 0 Å². The van der Waals surface area contributed by atoms with E-state index in [0.717, 1.165) is 13.1 Å². The molecule has 17 heavy (non-hydrogen) atoms. The van der Waals surface area contributed by atoms with Gasteiger partial charge in [-0.3, -0.25) is 0 Å². The van der Waals surface area contributed by atoms with Crippen LogP contribution in [0.25, 0.3) is 0 Å². The van der Waals surface area contributed by atoms with Gasteiger partial charge in [-0.05, 0) is 6.42 Å². The molecule has 1 aliphatic heterocycles. The summed E-state index contributed by atoms with van der Waals surface area (Å²) >= 11 is 0. The zero-order chi connectivity index (χ0) is 12.3. The summed E-state index contributed by atoms with van der Waals surface area (Å²) in [5.74, 6) is -0.384. The Balaban J connectivity index is 2.27. The topological polar surface area (TPSA) is 75.5 Å². The van der Waals surface area contributed by atoms with Crippen LogP contribution in [0.2, 0.25) is 0 Å². The van der Waals surface area contributed by atoms with Crippen molar-refractivity contribution in [2.75, 3.05) is 31.2 Å². The Morgan fingerprint density at radius 3 is 2.82 bits per heavy atom. The molecule has 1 aromatic heterocycles. The smallest absolute Gasteiger partial charge is 0.339 e. The van der Waals surface area contributed by atoms with E-state index in [1.807, 2.05) is 11.8 Å². The Bertz CT molecular complexity index is 416. The molecule has 1 fully saturated rings. The van der Waals surface area contributed by atoms with E-state index in [9.17, 15) is 4.79 Å². The summed E-state index contributed by atoms with van der Waals surface area (Å²) in [7, 11) is 0. The van der Waals surface area contributed by atoms with Crippen molar-refractivity contribution in [1.29, 1.82) is 0 Å². The Labute approximate surface area is 99.2 Å². The van der Waals surface area contributed by atoms with Crippen LogP contribution < -0.4 is 4.90 Å². The monoisotopic (exact) mass is 237 g/mol. The molecule has 1 saturated heterocycles. The molecule has 1 aliphatic rings. The van der Waals surface area contributed by atoms with Crippen LogP contribution in [0.4, 0.5) is 5.95 Å². The van der Waals surface area contributed by atoms with Crippen molar-refractivity contribution in [1.82, 2.24) is 9.97 Å². The predicted octanol–water partition coefficient (Wildman–Crippen LogP) is 0.574. The molecule has 6 heteroatoms. The maximum atomic E-state index is 11.0. The first-order valence-electron chi connectivity index (χ1n) is 5.64. The summed E-state index contributed by atoms with van der Waals surface area (Å²) < 4.78 is 5.25. The highest BCUT2D eigenvalue weighted by Crippen LogP contribution is 2.13. The second kappa shape index (κ2) is 5.09. The molecule has 0 spiro atoms. The number of aryl methyl sites for hydroxylation is 1. The minimum Gasteiger partial charge on any atom is -0.478 e. The van der Waals surface area contributed by atoms with Crippen LogP contribution in [0.1, 0.15) is 23.0 Å². The molecule has 92 valence electrons. The molecule has 0 atom stereocenters. The van der Waals surface area contributed by atoms with Crippen LogP contribution in [0.3, 0.4) is 0 Å². The molecule has 1 aromatic rings. The number of morpholine rings is 1. The molecule has 0 unspecified atom stereocenters. The first kappa shape index (κ1) is 11.8.